The number of aromatic nitrogens is 1. The minimum absolute atomic E-state index is 0.976. The lowest BCUT2D eigenvalue weighted by molar-refractivity contribution is 1.14. The lowest BCUT2D eigenvalue weighted by Gasteiger charge is -2.01. The number of nitrogens with zero attached hydrogens (tertiary/aromatic N) is 2. The van der Waals surface area contributed by atoms with Gasteiger partial charge in [0, 0.05) is 29.4 Å². The molecule has 0 aliphatic rings. The molecule has 0 N–H and O–H groups in total. The van der Waals surface area contributed by atoms with Gasteiger partial charge < -0.3 is 0 Å². The Hall–Kier alpha value is -2.48. The van der Waals surface area contributed by atoms with Crippen LogP contribution in [0.15, 0.2) is 65.9 Å². The second-order valence-electron chi connectivity index (χ2n) is 4.73. The van der Waals surface area contributed by atoms with Crippen molar-refractivity contribution in [2.45, 2.75) is 13.3 Å². The van der Waals surface area contributed by atoms with Crippen molar-refractivity contribution in [1.29, 1.82) is 0 Å². The second-order valence-corrected chi connectivity index (χ2v) is 4.73. The Morgan fingerprint density at radius 1 is 1.05 bits per heavy atom. The summed E-state index contributed by atoms with van der Waals surface area (Å²) in [5.41, 5.74) is 3.44. The van der Waals surface area contributed by atoms with E-state index >= 15 is 0 Å². The van der Waals surface area contributed by atoms with E-state index in [0.717, 1.165) is 28.4 Å². The lowest BCUT2D eigenvalue weighted by atomic mass is 10.1. The van der Waals surface area contributed by atoms with Crippen molar-refractivity contribution >= 4 is 22.7 Å². The Kier molecular flexibility index (Phi) is 3.55. The Labute approximate surface area is 118 Å². The third-order valence-electron chi connectivity index (χ3n) is 3.40. The highest BCUT2D eigenvalue weighted by Crippen LogP contribution is 2.24. The zero-order valence-corrected chi connectivity index (χ0v) is 11.5. The van der Waals surface area contributed by atoms with Gasteiger partial charge in [0.1, 0.15) is 0 Å². The van der Waals surface area contributed by atoms with Crippen molar-refractivity contribution in [2.75, 3.05) is 0 Å². The first kappa shape index (κ1) is 12.5. The third kappa shape index (κ3) is 2.59. The van der Waals surface area contributed by atoms with Crippen LogP contribution in [0.25, 0.3) is 10.8 Å². The van der Waals surface area contributed by atoms with Gasteiger partial charge in [0.25, 0.3) is 0 Å². The predicted molar refractivity (Wildman–Crippen MR) is 84.8 cm³/mol. The van der Waals surface area contributed by atoms with E-state index in [1.54, 1.807) is 6.20 Å². The van der Waals surface area contributed by atoms with E-state index in [2.05, 4.69) is 47.2 Å². The predicted octanol–water partition coefficient (Wildman–Crippen LogP) is 4.55. The fourth-order valence-electron chi connectivity index (χ4n) is 2.20. The van der Waals surface area contributed by atoms with Crippen LogP contribution in [0.5, 0.6) is 0 Å². The molecule has 0 fully saturated rings. The summed E-state index contributed by atoms with van der Waals surface area (Å²) in [4.78, 5) is 8.75. The van der Waals surface area contributed by atoms with Crippen molar-refractivity contribution in [3.8, 4) is 0 Å². The molecular formula is C18H16N2. The molecule has 0 saturated heterocycles. The Morgan fingerprint density at radius 3 is 2.70 bits per heavy atom. The van der Waals surface area contributed by atoms with E-state index in [1.165, 1.54) is 5.56 Å². The minimum atomic E-state index is 0.976. The monoisotopic (exact) mass is 260 g/mol. The van der Waals surface area contributed by atoms with Crippen LogP contribution >= 0.6 is 0 Å². The first-order chi connectivity index (χ1) is 9.86. The van der Waals surface area contributed by atoms with Gasteiger partial charge >= 0.3 is 0 Å². The fourth-order valence-corrected chi connectivity index (χ4v) is 2.20. The molecular weight excluding hydrogens is 244 g/mol. The first-order valence-corrected chi connectivity index (χ1v) is 6.82. The molecule has 0 radical (unpaired) electrons. The summed E-state index contributed by atoms with van der Waals surface area (Å²) in [6, 6.07) is 16.6. The van der Waals surface area contributed by atoms with Gasteiger partial charge in [-0.25, -0.2) is 0 Å². The van der Waals surface area contributed by atoms with Crippen LogP contribution in [0.4, 0.5) is 5.69 Å². The number of fused-ring (bicyclic) bond motifs is 1. The van der Waals surface area contributed by atoms with Crippen LogP contribution in [0.3, 0.4) is 0 Å². The topological polar surface area (TPSA) is 25.2 Å². The van der Waals surface area contributed by atoms with Crippen LogP contribution < -0.4 is 0 Å². The molecule has 3 aromatic rings. The Balaban J connectivity index is 1.93. The van der Waals surface area contributed by atoms with Crippen LogP contribution in [0.1, 0.15) is 18.1 Å². The van der Waals surface area contributed by atoms with Crippen LogP contribution in [-0.2, 0) is 6.42 Å². The third-order valence-corrected chi connectivity index (χ3v) is 3.40. The number of pyridine rings is 1. The zero-order chi connectivity index (χ0) is 13.8. The van der Waals surface area contributed by atoms with E-state index in [4.69, 9.17) is 0 Å². The normalized spacial score (nSPS) is 11.2. The van der Waals surface area contributed by atoms with Gasteiger partial charge in [-0.3, -0.25) is 9.98 Å². The summed E-state index contributed by atoms with van der Waals surface area (Å²) in [6.45, 7) is 2.16. The number of aryl methyl sites for hydroxylation is 1. The number of benzene rings is 2. The molecule has 98 valence electrons. The standard InChI is InChI=1S/C18H16N2/c1-2-14-6-8-15(9-7-14)12-20-18-5-3-4-16-13-19-11-10-17(16)18/h3-13H,2H2,1H3. The van der Waals surface area contributed by atoms with Crippen molar-refractivity contribution in [1.82, 2.24) is 4.98 Å². The maximum atomic E-state index is 4.61. The van der Waals surface area contributed by atoms with Gasteiger partial charge in [-0.2, -0.15) is 0 Å². The number of aliphatic imine (C=N–C) groups is 1. The highest BCUT2D eigenvalue weighted by atomic mass is 14.7. The van der Waals surface area contributed by atoms with Crippen molar-refractivity contribution in [3.05, 3.63) is 72.1 Å². The van der Waals surface area contributed by atoms with Gasteiger partial charge in [0.2, 0.25) is 0 Å². The summed E-state index contributed by atoms with van der Waals surface area (Å²) in [7, 11) is 0. The molecule has 0 atom stereocenters. The van der Waals surface area contributed by atoms with Crippen molar-refractivity contribution < 1.29 is 0 Å². The van der Waals surface area contributed by atoms with Gasteiger partial charge in [0.05, 0.1) is 5.69 Å². The molecule has 0 bridgehead atoms. The van der Waals surface area contributed by atoms with Crippen LogP contribution in [-0.4, -0.2) is 11.2 Å². The number of hydrogen-bond acceptors (Lipinski definition) is 2. The SMILES string of the molecule is CCc1ccc(C=Nc2cccc3cnccc23)cc1. The summed E-state index contributed by atoms with van der Waals surface area (Å²) in [5, 5.41) is 2.24. The molecule has 2 nitrogen and oxygen atoms in total. The molecule has 1 aromatic heterocycles. The molecule has 0 amide bonds. The van der Waals surface area contributed by atoms with Gasteiger partial charge in [0.15, 0.2) is 0 Å². The average molecular weight is 260 g/mol. The molecule has 0 aliphatic carbocycles. The molecule has 0 aliphatic heterocycles. The van der Waals surface area contributed by atoms with Gasteiger partial charge in [-0.05, 0) is 29.7 Å². The second kappa shape index (κ2) is 5.66. The average Bonchev–Trinajstić information content (AvgIpc) is 2.53. The summed E-state index contributed by atoms with van der Waals surface area (Å²) >= 11 is 0. The highest BCUT2D eigenvalue weighted by Gasteiger charge is 1.98. The van der Waals surface area contributed by atoms with Gasteiger partial charge in [-0.1, -0.05) is 43.3 Å². The van der Waals surface area contributed by atoms with Crippen molar-refractivity contribution in [3.63, 3.8) is 0 Å². The molecule has 0 spiro atoms. The molecule has 2 aromatic carbocycles. The molecule has 20 heavy (non-hydrogen) atoms. The van der Waals surface area contributed by atoms with Crippen LogP contribution in [0, 0.1) is 0 Å². The number of rotatable bonds is 3. The maximum absolute atomic E-state index is 4.61. The zero-order valence-electron chi connectivity index (χ0n) is 11.5. The molecule has 0 saturated carbocycles. The molecule has 1 heterocycles. The quantitative estimate of drug-likeness (QED) is 0.634. The number of hydrogen-bond donors (Lipinski definition) is 0. The molecule has 3 rings (SSSR count). The van der Waals surface area contributed by atoms with E-state index < -0.39 is 0 Å². The van der Waals surface area contributed by atoms with Crippen LogP contribution in [0.2, 0.25) is 0 Å². The Bertz CT molecular complexity index is 737. The van der Waals surface area contributed by atoms with E-state index in [0.29, 0.717) is 0 Å². The lowest BCUT2D eigenvalue weighted by Crippen LogP contribution is -1.84. The maximum Gasteiger partial charge on any atom is 0.0709 e. The minimum Gasteiger partial charge on any atom is -0.264 e. The van der Waals surface area contributed by atoms with E-state index in [-0.39, 0.29) is 0 Å². The molecule has 2 heteroatoms. The highest BCUT2D eigenvalue weighted by molar-refractivity contribution is 5.94. The van der Waals surface area contributed by atoms with Gasteiger partial charge in [-0.15, -0.1) is 0 Å². The van der Waals surface area contributed by atoms with Crippen molar-refractivity contribution in [2.24, 2.45) is 4.99 Å². The molecule has 0 unspecified atom stereocenters. The van der Waals surface area contributed by atoms with E-state index in [9.17, 15) is 0 Å². The largest absolute Gasteiger partial charge is 0.264 e. The summed E-state index contributed by atoms with van der Waals surface area (Å²) in [5.74, 6) is 0. The smallest absolute Gasteiger partial charge is 0.0709 e. The van der Waals surface area contributed by atoms with E-state index in [1.807, 2.05) is 30.6 Å². The summed E-state index contributed by atoms with van der Waals surface area (Å²) < 4.78 is 0. The first-order valence-electron chi connectivity index (χ1n) is 6.82. The fraction of sp³-hybridized carbons (Fsp3) is 0.111. The Morgan fingerprint density at radius 2 is 1.90 bits per heavy atom. The summed E-state index contributed by atoms with van der Waals surface area (Å²) in [6.07, 6.45) is 6.64.